The van der Waals surface area contributed by atoms with Gasteiger partial charge in [-0.3, -0.25) is 9.52 Å². The van der Waals surface area contributed by atoms with Crippen molar-refractivity contribution in [2.24, 2.45) is 0 Å². The molecule has 0 fully saturated rings. The largest absolute Gasteiger partial charge is 0.382 e. The molecule has 0 saturated carbocycles. The third-order valence-corrected chi connectivity index (χ3v) is 5.40. The van der Waals surface area contributed by atoms with Gasteiger partial charge in [0, 0.05) is 31.0 Å². The van der Waals surface area contributed by atoms with Gasteiger partial charge in [0.25, 0.3) is 15.9 Å². The van der Waals surface area contributed by atoms with Gasteiger partial charge in [0.1, 0.15) is 10.7 Å². The summed E-state index contributed by atoms with van der Waals surface area (Å²) in [6.07, 6.45) is 0.643. The zero-order valence-corrected chi connectivity index (χ0v) is 16.2. The zero-order valence-electron chi connectivity index (χ0n) is 14.7. The molecule has 6 nitrogen and oxygen atoms in total. The summed E-state index contributed by atoms with van der Waals surface area (Å²) in [5.74, 6) is -0.902. The Balaban J connectivity index is 2.13. The predicted molar refractivity (Wildman–Crippen MR) is 102 cm³/mol. The average molecular weight is 415 g/mol. The van der Waals surface area contributed by atoms with Crippen molar-refractivity contribution in [1.82, 2.24) is 5.32 Å². The number of nitrogens with one attached hydrogen (secondary N) is 2. The molecule has 0 spiro atoms. The summed E-state index contributed by atoms with van der Waals surface area (Å²) in [5, 5.41) is 2.66. The Morgan fingerprint density at radius 3 is 2.56 bits per heavy atom. The molecule has 1 amide bonds. The number of halogens is 2. The third kappa shape index (κ3) is 6.20. The summed E-state index contributed by atoms with van der Waals surface area (Å²) >= 11 is 6.01. The van der Waals surface area contributed by atoms with Crippen molar-refractivity contribution in [3.05, 3.63) is 58.9 Å². The normalized spacial score (nSPS) is 11.2. The predicted octanol–water partition coefficient (Wildman–Crippen LogP) is 3.44. The maximum Gasteiger partial charge on any atom is 0.263 e. The fraction of sp³-hybridized carbons (Fsp3) is 0.278. The molecule has 2 aromatic carbocycles. The first-order valence-corrected chi connectivity index (χ1v) is 10.1. The van der Waals surface area contributed by atoms with E-state index >= 15 is 0 Å². The number of carbonyl (C=O) groups excluding carboxylic acids is 1. The number of hydrogen-bond donors (Lipinski definition) is 2. The topological polar surface area (TPSA) is 84.5 Å². The minimum Gasteiger partial charge on any atom is -0.382 e. The molecule has 0 aliphatic carbocycles. The molecule has 9 heteroatoms. The van der Waals surface area contributed by atoms with Gasteiger partial charge in [-0.2, -0.15) is 0 Å². The molecule has 0 aliphatic rings. The van der Waals surface area contributed by atoms with Crippen LogP contribution in [0.1, 0.15) is 23.7 Å². The number of carbonyl (C=O) groups is 1. The molecular formula is C18H20ClFN2O4S. The Labute approximate surface area is 162 Å². The second-order valence-electron chi connectivity index (χ2n) is 5.56. The fourth-order valence-electron chi connectivity index (χ4n) is 2.20. The Morgan fingerprint density at radius 1 is 1.19 bits per heavy atom. The number of ether oxygens (including phenoxy) is 1. The van der Waals surface area contributed by atoms with Crippen molar-refractivity contribution in [2.75, 3.05) is 24.5 Å². The molecule has 27 heavy (non-hydrogen) atoms. The van der Waals surface area contributed by atoms with Gasteiger partial charge in [-0.25, -0.2) is 12.8 Å². The number of rotatable bonds is 9. The molecule has 0 unspecified atom stereocenters. The van der Waals surface area contributed by atoms with Gasteiger partial charge >= 0.3 is 0 Å². The van der Waals surface area contributed by atoms with Crippen LogP contribution >= 0.6 is 11.6 Å². The van der Waals surface area contributed by atoms with Crippen LogP contribution in [0.15, 0.2) is 47.4 Å². The summed E-state index contributed by atoms with van der Waals surface area (Å²) in [7, 11) is -4.05. The van der Waals surface area contributed by atoms with E-state index in [0.717, 1.165) is 12.1 Å². The highest BCUT2D eigenvalue weighted by Gasteiger charge is 2.20. The van der Waals surface area contributed by atoms with Crippen LogP contribution in [-0.2, 0) is 14.8 Å². The van der Waals surface area contributed by atoms with Crippen molar-refractivity contribution in [3.63, 3.8) is 0 Å². The highest BCUT2D eigenvalue weighted by molar-refractivity contribution is 7.92. The van der Waals surface area contributed by atoms with Gasteiger partial charge in [0.15, 0.2) is 0 Å². The molecule has 0 aromatic heterocycles. The van der Waals surface area contributed by atoms with E-state index in [2.05, 4.69) is 10.0 Å². The first-order valence-electron chi connectivity index (χ1n) is 8.27. The first kappa shape index (κ1) is 21.1. The van der Waals surface area contributed by atoms with Crippen LogP contribution in [0.2, 0.25) is 5.02 Å². The lowest BCUT2D eigenvalue weighted by molar-refractivity contribution is 0.0944. The number of anilines is 1. The summed E-state index contributed by atoms with van der Waals surface area (Å²) in [6, 6.07) is 8.82. The second-order valence-corrected chi connectivity index (χ2v) is 7.62. The molecule has 2 rings (SSSR count). The quantitative estimate of drug-likeness (QED) is 0.615. The van der Waals surface area contributed by atoms with E-state index in [9.17, 15) is 17.6 Å². The summed E-state index contributed by atoms with van der Waals surface area (Å²) in [6.45, 7) is 3.41. The van der Waals surface area contributed by atoms with Gasteiger partial charge in [0.2, 0.25) is 0 Å². The fourth-order valence-corrected chi connectivity index (χ4v) is 3.79. The Bertz CT molecular complexity index is 889. The minimum absolute atomic E-state index is 0.0301. The van der Waals surface area contributed by atoms with Gasteiger partial charge in [-0.05, 0) is 55.8 Å². The van der Waals surface area contributed by atoms with Crippen LogP contribution < -0.4 is 10.0 Å². The SMILES string of the molecule is CCOCCCNC(=O)c1ccc(Cl)c(S(=O)(=O)Nc2ccc(F)cc2)c1. The van der Waals surface area contributed by atoms with Crippen LogP contribution in [0.3, 0.4) is 0 Å². The van der Waals surface area contributed by atoms with Gasteiger partial charge in [0.05, 0.1) is 5.02 Å². The van der Waals surface area contributed by atoms with Crippen LogP contribution in [0.5, 0.6) is 0 Å². The number of sulfonamides is 1. The van der Waals surface area contributed by atoms with Crippen molar-refractivity contribution in [3.8, 4) is 0 Å². The van der Waals surface area contributed by atoms with E-state index in [4.69, 9.17) is 16.3 Å². The number of benzene rings is 2. The molecule has 146 valence electrons. The molecule has 0 bridgehead atoms. The maximum absolute atomic E-state index is 13.0. The third-order valence-electron chi connectivity index (χ3n) is 3.53. The summed E-state index contributed by atoms with van der Waals surface area (Å²) in [5.41, 5.74) is 0.341. The van der Waals surface area contributed by atoms with E-state index in [1.165, 1.54) is 30.3 Å². The Morgan fingerprint density at radius 2 is 1.89 bits per heavy atom. The molecule has 0 radical (unpaired) electrons. The van der Waals surface area contributed by atoms with Gasteiger partial charge < -0.3 is 10.1 Å². The smallest absolute Gasteiger partial charge is 0.263 e. The lowest BCUT2D eigenvalue weighted by Gasteiger charge is -2.11. The first-order chi connectivity index (χ1) is 12.8. The number of hydrogen-bond acceptors (Lipinski definition) is 4. The molecule has 0 atom stereocenters. The number of amides is 1. The van der Waals surface area contributed by atoms with E-state index < -0.39 is 21.7 Å². The van der Waals surface area contributed by atoms with Crippen LogP contribution in [-0.4, -0.2) is 34.1 Å². The van der Waals surface area contributed by atoms with Crippen LogP contribution in [0.25, 0.3) is 0 Å². The lowest BCUT2D eigenvalue weighted by Crippen LogP contribution is -2.25. The van der Waals surface area contributed by atoms with Crippen molar-refractivity contribution in [2.45, 2.75) is 18.2 Å². The highest BCUT2D eigenvalue weighted by atomic mass is 35.5. The maximum atomic E-state index is 13.0. The van der Waals surface area contributed by atoms with E-state index in [1.807, 2.05) is 6.92 Å². The monoisotopic (exact) mass is 414 g/mol. The minimum atomic E-state index is -4.05. The van der Waals surface area contributed by atoms with E-state index in [0.29, 0.717) is 26.2 Å². The molecule has 0 saturated heterocycles. The summed E-state index contributed by atoms with van der Waals surface area (Å²) in [4.78, 5) is 12.0. The van der Waals surface area contributed by atoms with Crippen molar-refractivity contribution >= 4 is 33.2 Å². The molecule has 2 N–H and O–H groups in total. The molecule has 2 aromatic rings. The van der Waals surface area contributed by atoms with E-state index in [-0.39, 0.29) is 21.2 Å². The molecule has 0 aliphatic heterocycles. The lowest BCUT2D eigenvalue weighted by atomic mass is 10.2. The molecular weight excluding hydrogens is 395 g/mol. The van der Waals surface area contributed by atoms with Gasteiger partial charge in [-0.1, -0.05) is 11.6 Å². The average Bonchev–Trinajstić information content (AvgIpc) is 2.63. The summed E-state index contributed by atoms with van der Waals surface area (Å²) < 4.78 is 45.6. The van der Waals surface area contributed by atoms with Crippen molar-refractivity contribution < 1.29 is 22.3 Å². The Hall–Kier alpha value is -2.16. The van der Waals surface area contributed by atoms with Gasteiger partial charge in [-0.15, -0.1) is 0 Å². The molecule has 0 heterocycles. The second kappa shape index (κ2) is 9.68. The zero-order chi connectivity index (χ0) is 19.9. The van der Waals surface area contributed by atoms with E-state index in [1.54, 1.807) is 0 Å². The highest BCUT2D eigenvalue weighted by Crippen LogP contribution is 2.25. The Kier molecular flexibility index (Phi) is 7.58. The van der Waals surface area contributed by atoms with Crippen LogP contribution in [0.4, 0.5) is 10.1 Å². The standard InChI is InChI=1S/C18H20ClFN2O4S/c1-2-26-11-3-10-21-18(23)13-4-9-16(19)17(12-13)27(24,25)22-15-7-5-14(20)6-8-15/h4-9,12,22H,2-3,10-11H2,1H3,(H,21,23). The van der Waals surface area contributed by atoms with Crippen molar-refractivity contribution in [1.29, 1.82) is 0 Å². The van der Waals surface area contributed by atoms with Crippen LogP contribution in [0, 0.1) is 5.82 Å².